The van der Waals surface area contributed by atoms with Crippen molar-refractivity contribution in [1.82, 2.24) is 15.5 Å². The van der Waals surface area contributed by atoms with E-state index in [0.717, 1.165) is 0 Å². The molecule has 0 aliphatic rings. The number of carbonyl (C=O) groups excluding carboxylic acids is 1. The minimum absolute atomic E-state index is 0.204. The Bertz CT molecular complexity index is 243. The van der Waals surface area contributed by atoms with Crippen molar-refractivity contribution < 1.29 is 14.7 Å². The van der Waals surface area contributed by atoms with Crippen molar-refractivity contribution in [3.8, 4) is 0 Å². The molecule has 0 aromatic heterocycles. The van der Waals surface area contributed by atoms with Crippen LogP contribution >= 0.6 is 0 Å². The molecule has 0 aliphatic carbocycles. The van der Waals surface area contributed by atoms with E-state index in [1.54, 1.807) is 6.92 Å². The number of amides is 2. The van der Waals surface area contributed by atoms with Gasteiger partial charge in [-0.25, -0.2) is 9.59 Å². The molecule has 0 spiro atoms. The maximum Gasteiger partial charge on any atom is 0.326 e. The second-order valence-electron chi connectivity index (χ2n) is 3.97. The zero-order valence-corrected chi connectivity index (χ0v) is 10.3. The van der Waals surface area contributed by atoms with E-state index < -0.39 is 18.0 Å². The molecule has 3 N–H and O–H groups in total. The second kappa shape index (κ2) is 7.05. The van der Waals surface area contributed by atoms with E-state index in [9.17, 15) is 9.59 Å². The highest BCUT2D eigenvalue weighted by Gasteiger charge is 2.17. The molecule has 0 saturated carbocycles. The SMILES string of the molecule is CC[C@H](NC(=O)NCC(C)N(C)C)C(=O)O. The Kier molecular flexibility index (Phi) is 6.48. The van der Waals surface area contributed by atoms with E-state index in [1.165, 1.54) is 0 Å². The highest BCUT2D eigenvalue weighted by atomic mass is 16.4. The van der Waals surface area contributed by atoms with Crippen molar-refractivity contribution in [1.29, 1.82) is 0 Å². The van der Waals surface area contributed by atoms with Crippen LogP contribution in [0.15, 0.2) is 0 Å². The van der Waals surface area contributed by atoms with Gasteiger partial charge in [0.25, 0.3) is 0 Å². The lowest BCUT2D eigenvalue weighted by molar-refractivity contribution is -0.139. The third-order valence-electron chi connectivity index (χ3n) is 2.45. The summed E-state index contributed by atoms with van der Waals surface area (Å²) in [6.45, 7) is 4.16. The number of hydrogen-bond donors (Lipinski definition) is 3. The van der Waals surface area contributed by atoms with Crippen LogP contribution in [0.25, 0.3) is 0 Å². The summed E-state index contributed by atoms with van der Waals surface area (Å²) >= 11 is 0. The lowest BCUT2D eigenvalue weighted by atomic mass is 10.2. The lowest BCUT2D eigenvalue weighted by Crippen LogP contribution is -2.48. The molecule has 0 saturated heterocycles. The molecule has 94 valence electrons. The number of nitrogens with zero attached hydrogens (tertiary/aromatic N) is 1. The van der Waals surface area contributed by atoms with Crippen LogP contribution in [0.1, 0.15) is 20.3 Å². The van der Waals surface area contributed by atoms with Gasteiger partial charge in [-0.15, -0.1) is 0 Å². The molecule has 6 heteroatoms. The molecule has 0 aliphatic heterocycles. The van der Waals surface area contributed by atoms with E-state index in [0.29, 0.717) is 13.0 Å². The Hall–Kier alpha value is -1.30. The van der Waals surface area contributed by atoms with Gasteiger partial charge in [0.05, 0.1) is 0 Å². The predicted molar refractivity (Wildman–Crippen MR) is 61.4 cm³/mol. The molecule has 2 atom stereocenters. The molecule has 6 nitrogen and oxygen atoms in total. The van der Waals surface area contributed by atoms with E-state index in [2.05, 4.69) is 10.6 Å². The van der Waals surface area contributed by atoms with Gasteiger partial charge in [0.2, 0.25) is 0 Å². The molecule has 1 unspecified atom stereocenters. The Morgan fingerprint density at radius 3 is 2.31 bits per heavy atom. The normalized spacial score (nSPS) is 14.3. The van der Waals surface area contributed by atoms with Crippen molar-refractivity contribution in [3.63, 3.8) is 0 Å². The van der Waals surface area contributed by atoms with E-state index in [-0.39, 0.29) is 6.04 Å². The van der Waals surface area contributed by atoms with Crippen LogP contribution < -0.4 is 10.6 Å². The molecule has 0 radical (unpaired) electrons. The van der Waals surface area contributed by atoms with E-state index in [4.69, 9.17) is 5.11 Å². The van der Waals surface area contributed by atoms with Gasteiger partial charge in [0, 0.05) is 12.6 Å². The summed E-state index contributed by atoms with van der Waals surface area (Å²) in [7, 11) is 3.83. The van der Waals surface area contributed by atoms with Crippen molar-refractivity contribution >= 4 is 12.0 Å². The Morgan fingerprint density at radius 2 is 1.94 bits per heavy atom. The van der Waals surface area contributed by atoms with Crippen LogP contribution in [0.5, 0.6) is 0 Å². The number of aliphatic carboxylic acids is 1. The Balaban J connectivity index is 3.94. The fourth-order valence-corrected chi connectivity index (χ4v) is 0.971. The summed E-state index contributed by atoms with van der Waals surface area (Å²) in [4.78, 5) is 24.0. The molecule has 0 bridgehead atoms. The molecule has 0 aromatic carbocycles. The van der Waals surface area contributed by atoms with Gasteiger partial charge < -0.3 is 20.6 Å². The number of rotatable bonds is 6. The summed E-state index contributed by atoms with van der Waals surface area (Å²) in [5.74, 6) is -1.02. The first kappa shape index (κ1) is 14.7. The van der Waals surface area contributed by atoms with E-state index >= 15 is 0 Å². The molecule has 0 fully saturated rings. The second-order valence-corrected chi connectivity index (χ2v) is 3.97. The summed E-state index contributed by atoms with van der Waals surface area (Å²) in [6, 6.07) is -1.06. The fourth-order valence-electron chi connectivity index (χ4n) is 0.971. The minimum Gasteiger partial charge on any atom is -0.480 e. The molecule has 0 rings (SSSR count). The minimum atomic E-state index is -1.02. The number of nitrogens with one attached hydrogen (secondary N) is 2. The van der Waals surface area contributed by atoms with Gasteiger partial charge in [-0.1, -0.05) is 6.92 Å². The van der Waals surface area contributed by atoms with E-state index in [1.807, 2.05) is 25.9 Å². The molecule has 2 amide bonds. The van der Waals surface area contributed by atoms with Gasteiger partial charge in [-0.2, -0.15) is 0 Å². The smallest absolute Gasteiger partial charge is 0.326 e. The van der Waals surface area contributed by atoms with Crippen LogP contribution in [-0.4, -0.2) is 54.7 Å². The zero-order chi connectivity index (χ0) is 12.7. The number of likely N-dealkylation sites (N-methyl/N-ethyl adjacent to an activating group) is 1. The highest BCUT2D eigenvalue weighted by Crippen LogP contribution is 1.91. The first-order valence-corrected chi connectivity index (χ1v) is 5.32. The number of carbonyl (C=O) groups is 2. The van der Waals surface area contributed by atoms with Gasteiger partial charge in [-0.05, 0) is 27.4 Å². The topological polar surface area (TPSA) is 81.7 Å². The van der Waals surface area contributed by atoms with Crippen LogP contribution in [0.3, 0.4) is 0 Å². The van der Waals surface area contributed by atoms with Crippen molar-refractivity contribution in [2.75, 3.05) is 20.6 Å². The number of urea groups is 1. The predicted octanol–water partition coefficient (Wildman–Crippen LogP) is 0.0989. The first-order valence-electron chi connectivity index (χ1n) is 5.32. The van der Waals surface area contributed by atoms with Crippen LogP contribution in [0.2, 0.25) is 0 Å². The third-order valence-corrected chi connectivity index (χ3v) is 2.45. The summed E-state index contributed by atoms with van der Waals surface area (Å²) in [6.07, 6.45) is 0.367. The quantitative estimate of drug-likeness (QED) is 0.605. The monoisotopic (exact) mass is 231 g/mol. The van der Waals surface area contributed by atoms with Gasteiger partial charge in [0.15, 0.2) is 0 Å². The van der Waals surface area contributed by atoms with Crippen LogP contribution in [0, 0.1) is 0 Å². The van der Waals surface area contributed by atoms with Crippen LogP contribution in [-0.2, 0) is 4.79 Å². The first-order chi connectivity index (χ1) is 7.38. The Morgan fingerprint density at radius 1 is 1.38 bits per heavy atom. The molecule has 0 heterocycles. The maximum absolute atomic E-state index is 11.3. The van der Waals surface area contributed by atoms with Crippen molar-refractivity contribution in [3.05, 3.63) is 0 Å². The molecule has 16 heavy (non-hydrogen) atoms. The lowest BCUT2D eigenvalue weighted by Gasteiger charge is -2.20. The third kappa shape index (κ3) is 5.55. The van der Waals surface area contributed by atoms with Crippen molar-refractivity contribution in [2.24, 2.45) is 0 Å². The largest absolute Gasteiger partial charge is 0.480 e. The standard InChI is InChI=1S/C10H21N3O3/c1-5-8(9(14)15)12-10(16)11-6-7(2)13(3)4/h7-8H,5-6H2,1-4H3,(H,14,15)(H2,11,12,16)/t7?,8-/m0/s1. The zero-order valence-electron chi connectivity index (χ0n) is 10.3. The summed E-state index contributed by atoms with van der Waals surface area (Å²) < 4.78 is 0. The van der Waals surface area contributed by atoms with Gasteiger partial charge in [-0.3, -0.25) is 0 Å². The fraction of sp³-hybridized carbons (Fsp3) is 0.800. The summed E-state index contributed by atoms with van der Waals surface area (Å²) in [5.41, 5.74) is 0. The average molecular weight is 231 g/mol. The van der Waals surface area contributed by atoms with Crippen molar-refractivity contribution in [2.45, 2.75) is 32.4 Å². The summed E-state index contributed by atoms with van der Waals surface area (Å²) in [5, 5.41) is 13.8. The number of hydrogen-bond acceptors (Lipinski definition) is 3. The molecular formula is C10H21N3O3. The van der Waals surface area contributed by atoms with Gasteiger partial charge in [0.1, 0.15) is 6.04 Å². The number of carboxylic acid groups (broad SMARTS) is 1. The number of carboxylic acids is 1. The molecular weight excluding hydrogens is 210 g/mol. The molecule has 0 aromatic rings. The average Bonchev–Trinajstić information content (AvgIpc) is 2.21. The van der Waals surface area contributed by atoms with Crippen LogP contribution in [0.4, 0.5) is 4.79 Å². The highest BCUT2D eigenvalue weighted by molar-refractivity contribution is 5.82. The Labute approximate surface area is 96.0 Å². The van der Waals surface area contributed by atoms with Gasteiger partial charge >= 0.3 is 12.0 Å². The maximum atomic E-state index is 11.3.